The molecule has 10 heteroatoms. The summed E-state index contributed by atoms with van der Waals surface area (Å²) in [5, 5.41) is 9.09. The van der Waals surface area contributed by atoms with Crippen LogP contribution in [0.15, 0.2) is 53.4 Å². The molecule has 4 rings (SSSR count). The fraction of sp³-hybridized carbons (Fsp3) is 0.167. The average Bonchev–Trinajstić information content (AvgIpc) is 3.13. The van der Waals surface area contributed by atoms with Crippen LogP contribution in [0.2, 0.25) is 0 Å². The predicted molar refractivity (Wildman–Crippen MR) is 95.6 cm³/mol. The molecule has 0 bridgehead atoms. The number of nitrogens with zero attached hydrogens (tertiary/aromatic N) is 2. The van der Waals surface area contributed by atoms with Crippen molar-refractivity contribution in [2.45, 2.75) is 17.7 Å². The van der Waals surface area contributed by atoms with Crippen molar-refractivity contribution in [2.75, 3.05) is 6.61 Å². The zero-order chi connectivity index (χ0) is 19.9. The first kappa shape index (κ1) is 18.5. The van der Waals surface area contributed by atoms with Crippen LogP contribution in [0.1, 0.15) is 17.7 Å². The van der Waals surface area contributed by atoms with Crippen molar-refractivity contribution in [3.05, 3.63) is 59.8 Å². The molecule has 0 unspecified atom stereocenters. The second-order valence-corrected chi connectivity index (χ2v) is 7.75. The summed E-state index contributed by atoms with van der Waals surface area (Å²) in [4.78, 5) is 9.96. The van der Waals surface area contributed by atoms with Crippen LogP contribution < -0.4 is 10.0 Å². The summed E-state index contributed by atoms with van der Waals surface area (Å²) in [5.74, 6) is 0.577. The van der Waals surface area contributed by atoms with E-state index in [-0.39, 0.29) is 10.6 Å². The number of halogens is 2. The summed E-state index contributed by atoms with van der Waals surface area (Å²) in [7, 11) is -3.86. The number of sulfonamides is 1. The van der Waals surface area contributed by atoms with Crippen LogP contribution in [0.3, 0.4) is 0 Å². The Kier molecular flexibility index (Phi) is 4.61. The second kappa shape index (κ2) is 6.97. The lowest BCUT2D eigenvalue weighted by molar-refractivity contribution is -0.215. The van der Waals surface area contributed by atoms with Gasteiger partial charge in [0.25, 0.3) is 6.43 Å². The summed E-state index contributed by atoms with van der Waals surface area (Å²) < 4.78 is 50.8. The third kappa shape index (κ3) is 3.49. The van der Waals surface area contributed by atoms with Crippen LogP contribution in [0, 0.1) is 0 Å². The molecule has 0 aliphatic carbocycles. The lowest BCUT2D eigenvalue weighted by Gasteiger charge is -2.16. The van der Waals surface area contributed by atoms with Crippen molar-refractivity contribution in [3.8, 4) is 22.7 Å². The maximum atomic E-state index is 13.3. The number of fused-ring (bicyclic) bond motifs is 1. The summed E-state index contributed by atoms with van der Waals surface area (Å²) in [6.07, 6.45) is -2.12. The van der Waals surface area contributed by atoms with E-state index in [0.717, 1.165) is 5.56 Å². The monoisotopic (exact) mass is 407 g/mol. The maximum Gasteiger partial charge on any atom is 0.282 e. The first-order valence-corrected chi connectivity index (χ1v) is 9.82. The van der Waals surface area contributed by atoms with E-state index in [1.54, 1.807) is 12.1 Å². The van der Waals surface area contributed by atoms with Crippen molar-refractivity contribution in [3.63, 3.8) is 0 Å². The van der Waals surface area contributed by atoms with E-state index in [1.807, 2.05) is 6.07 Å². The Bertz CT molecular complexity index is 1130. The molecule has 7 nitrogen and oxygen atoms in total. The normalized spacial score (nSPS) is 14.0. The number of primary sulfonamides is 1. The number of benzene rings is 2. The summed E-state index contributed by atoms with van der Waals surface area (Å²) >= 11 is 0. The molecular formula is C18H15F2N3O4S. The minimum atomic E-state index is -3.86. The lowest BCUT2D eigenvalue weighted by atomic mass is 10.0. The zero-order valence-electron chi connectivity index (χ0n) is 14.4. The van der Waals surface area contributed by atoms with Crippen LogP contribution in [-0.2, 0) is 21.3 Å². The van der Waals surface area contributed by atoms with Gasteiger partial charge in [0.1, 0.15) is 5.69 Å². The highest BCUT2D eigenvalue weighted by molar-refractivity contribution is 7.89. The van der Waals surface area contributed by atoms with Crippen molar-refractivity contribution >= 4 is 10.0 Å². The van der Waals surface area contributed by atoms with E-state index < -0.39 is 16.4 Å². The Labute approximate surface area is 159 Å². The highest BCUT2D eigenvalue weighted by Gasteiger charge is 2.20. The Hall–Kier alpha value is -2.82. The van der Waals surface area contributed by atoms with Gasteiger partial charge in [-0.2, -0.15) is 9.99 Å². The highest BCUT2D eigenvalue weighted by Crippen LogP contribution is 2.33. The van der Waals surface area contributed by atoms with Gasteiger partial charge in [0.2, 0.25) is 10.0 Å². The van der Waals surface area contributed by atoms with Gasteiger partial charge < -0.3 is 4.89 Å². The predicted octanol–water partition coefficient (Wildman–Crippen LogP) is 2.99. The first-order valence-electron chi connectivity index (χ1n) is 8.27. The van der Waals surface area contributed by atoms with E-state index in [2.05, 4.69) is 5.10 Å². The molecule has 1 aromatic heterocycles. The van der Waals surface area contributed by atoms with Gasteiger partial charge in [-0.05, 0) is 48.5 Å². The third-order valence-corrected chi connectivity index (χ3v) is 5.25. The van der Waals surface area contributed by atoms with E-state index in [1.165, 1.54) is 35.0 Å². The Morgan fingerprint density at radius 3 is 2.54 bits per heavy atom. The summed E-state index contributed by atoms with van der Waals surface area (Å²) in [5.41, 5.74) is 2.03. The van der Waals surface area contributed by atoms with E-state index >= 15 is 0 Å². The third-order valence-electron chi connectivity index (χ3n) is 4.32. The smallest absolute Gasteiger partial charge is 0.282 e. The van der Waals surface area contributed by atoms with Gasteiger partial charge in [0.15, 0.2) is 5.75 Å². The molecule has 3 aromatic rings. The minimum absolute atomic E-state index is 0.0787. The molecule has 0 spiro atoms. The number of nitrogens with two attached hydrogens (primary N) is 1. The first-order chi connectivity index (χ1) is 13.3. The molecule has 2 heterocycles. The molecule has 0 radical (unpaired) electrons. The molecule has 28 heavy (non-hydrogen) atoms. The summed E-state index contributed by atoms with van der Waals surface area (Å²) in [6.45, 7) is 0.396. The largest absolute Gasteiger partial charge is 0.337 e. The van der Waals surface area contributed by atoms with E-state index in [4.69, 9.17) is 14.9 Å². The molecule has 1 aliphatic rings. The van der Waals surface area contributed by atoms with Crippen LogP contribution in [0.25, 0.3) is 16.9 Å². The SMILES string of the molecule is NS(=O)(=O)c1ccc(-n2nc(C(F)F)cc2-c2ccc3c(c2)CCOO3)cc1. The fourth-order valence-corrected chi connectivity index (χ4v) is 3.47. The second-order valence-electron chi connectivity index (χ2n) is 6.18. The Balaban J connectivity index is 1.82. The van der Waals surface area contributed by atoms with E-state index in [0.29, 0.717) is 35.7 Å². The van der Waals surface area contributed by atoms with Crippen LogP contribution in [0.5, 0.6) is 5.75 Å². The lowest BCUT2D eigenvalue weighted by Crippen LogP contribution is -2.12. The molecule has 0 amide bonds. The van der Waals surface area contributed by atoms with Gasteiger partial charge in [0.05, 0.1) is 22.9 Å². The number of aromatic nitrogens is 2. The van der Waals surface area contributed by atoms with Crippen LogP contribution in [-0.4, -0.2) is 24.8 Å². The number of alkyl halides is 2. The average molecular weight is 407 g/mol. The van der Waals surface area contributed by atoms with Gasteiger partial charge in [-0.1, -0.05) is 0 Å². The minimum Gasteiger partial charge on any atom is -0.337 e. The van der Waals surface area contributed by atoms with E-state index in [9.17, 15) is 17.2 Å². The van der Waals surface area contributed by atoms with Crippen LogP contribution >= 0.6 is 0 Å². The molecule has 146 valence electrons. The topological polar surface area (TPSA) is 96.4 Å². The molecule has 0 atom stereocenters. The van der Waals surface area contributed by atoms with Gasteiger partial charge in [-0.25, -0.2) is 27.0 Å². The highest BCUT2D eigenvalue weighted by atomic mass is 32.2. The zero-order valence-corrected chi connectivity index (χ0v) is 15.2. The van der Waals surface area contributed by atoms with Gasteiger partial charge in [-0.3, -0.25) is 0 Å². The van der Waals surface area contributed by atoms with Gasteiger partial charge >= 0.3 is 0 Å². The maximum absolute atomic E-state index is 13.3. The van der Waals surface area contributed by atoms with Crippen molar-refractivity contribution in [1.82, 2.24) is 9.78 Å². The molecule has 2 aromatic carbocycles. The fourth-order valence-electron chi connectivity index (χ4n) is 2.96. The molecule has 2 N–H and O–H groups in total. The Morgan fingerprint density at radius 1 is 1.11 bits per heavy atom. The van der Waals surface area contributed by atoms with Crippen molar-refractivity contribution in [1.29, 1.82) is 0 Å². The van der Waals surface area contributed by atoms with Gasteiger partial charge in [0, 0.05) is 17.5 Å². The number of rotatable bonds is 4. The van der Waals surface area contributed by atoms with Gasteiger partial charge in [-0.15, -0.1) is 0 Å². The number of hydrogen-bond acceptors (Lipinski definition) is 5. The molecule has 0 fully saturated rings. The van der Waals surface area contributed by atoms with Crippen molar-refractivity contribution in [2.24, 2.45) is 5.14 Å². The number of hydrogen-bond donors (Lipinski definition) is 1. The molecule has 0 saturated carbocycles. The van der Waals surface area contributed by atoms with Crippen LogP contribution in [0.4, 0.5) is 8.78 Å². The summed E-state index contributed by atoms with van der Waals surface area (Å²) in [6, 6.07) is 12.1. The van der Waals surface area contributed by atoms with Crippen molar-refractivity contribution < 1.29 is 27.0 Å². The quantitative estimate of drug-likeness (QED) is 0.671. The Morgan fingerprint density at radius 2 is 1.86 bits per heavy atom. The molecule has 1 aliphatic heterocycles. The molecule has 0 saturated heterocycles. The molecular weight excluding hydrogens is 392 g/mol. The standard InChI is InChI=1S/C18H15F2N3O4S/c19-18(20)15-10-16(11-1-6-17-12(9-11)7-8-26-27-17)23(22-15)13-2-4-14(5-3-13)28(21,24)25/h1-6,9-10,18H,7-8H2,(H2,21,24,25).